The van der Waals surface area contributed by atoms with Crippen LogP contribution in [0.25, 0.3) is 10.9 Å². The van der Waals surface area contributed by atoms with Gasteiger partial charge in [0.2, 0.25) is 0 Å². The molecule has 0 aliphatic carbocycles. The lowest BCUT2D eigenvalue weighted by Gasteiger charge is -2.04. The minimum Gasteiger partial charge on any atom is -0.361 e. The molecule has 3 heteroatoms. The van der Waals surface area contributed by atoms with Gasteiger partial charge in [0.15, 0.2) is 0 Å². The van der Waals surface area contributed by atoms with E-state index >= 15 is 0 Å². The van der Waals surface area contributed by atoms with Gasteiger partial charge in [-0.05, 0) is 30.2 Å². The van der Waals surface area contributed by atoms with Crippen LogP contribution in [0.15, 0.2) is 18.3 Å². The van der Waals surface area contributed by atoms with Crippen molar-refractivity contribution in [1.82, 2.24) is 4.98 Å². The van der Waals surface area contributed by atoms with Gasteiger partial charge in [-0.3, -0.25) is 0 Å². The molecule has 2 aromatic rings. The molecule has 1 aromatic heterocycles. The second-order valence-corrected chi connectivity index (χ2v) is 3.52. The second-order valence-electron chi connectivity index (χ2n) is 3.11. The van der Waals surface area contributed by atoms with Gasteiger partial charge in [-0.15, -0.1) is 0 Å². The Morgan fingerprint density at radius 2 is 2.31 bits per heavy atom. The Kier molecular flexibility index (Phi) is 2.02. The molecule has 0 aliphatic heterocycles. The van der Waals surface area contributed by atoms with E-state index in [4.69, 9.17) is 17.3 Å². The quantitative estimate of drug-likeness (QED) is 0.720. The maximum absolute atomic E-state index is 6.06. The van der Waals surface area contributed by atoms with Crippen LogP contribution in [0.4, 0.5) is 0 Å². The first-order chi connectivity index (χ1) is 6.24. The fourth-order valence-corrected chi connectivity index (χ4v) is 1.80. The number of rotatable bonds is 1. The van der Waals surface area contributed by atoms with Gasteiger partial charge in [-0.2, -0.15) is 0 Å². The van der Waals surface area contributed by atoms with Gasteiger partial charge in [0.1, 0.15) is 0 Å². The maximum Gasteiger partial charge on any atom is 0.0503 e. The minimum absolute atomic E-state index is 0.511. The molecule has 0 saturated heterocycles. The third-order valence-electron chi connectivity index (χ3n) is 2.35. The van der Waals surface area contributed by atoms with Crippen molar-refractivity contribution in [3.63, 3.8) is 0 Å². The van der Waals surface area contributed by atoms with Gasteiger partial charge < -0.3 is 10.7 Å². The largest absolute Gasteiger partial charge is 0.361 e. The molecular formula is C10H11ClN2. The highest BCUT2D eigenvalue weighted by molar-refractivity contribution is 6.32. The molecular weight excluding hydrogens is 184 g/mol. The summed E-state index contributed by atoms with van der Waals surface area (Å²) in [6.45, 7) is 2.52. The number of nitrogens with two attached hydrogens (primary N) is 1. The van der Waals surface area contributed by atoms with Crippen LogP contribution < -0.4 is 5.73 Å². The van der Waals surface area contributed by atoms with E-state index in [9.17, 15) is 0 Å². The Morgan fingerprint density at radius 1 is 1.54 bits per heavy atom. The maximum atomic E-state index is 6.06. The number of aryl methyl sites for hydroxylation is 1. The second kappa shape index (κ2) is 3.05. The smallest absolute Gasteiger partial charge is 0.0503 e. The Bertz CT molecular complexity index is 445. The number of hydrogen-bond donors (Lipinski definition) is 2. The number of fused-ring (bicyclic) bond motifs is 1. The summed E-state index contributed by atoms with van der Waals surface area (Å²) in [4.78, 5) is 3.17. The Labute approximate surface area is 81.7 Å². The molecule has 0 bridgehead atoms. The number of aromatic amines is 1. The highest BCUT2D eigenvalue weighted by Gasteiger charge is 2.06. The molecule has 2 rings (SSSR count). The monoisotopic (exact) mass is 194 g/mol. The summed E-state index contributed by atoms with van der Waals surface area (Å²) < 4.78 is 0. The number of hydrogen-bond acceptors (Lipinski definition) is 1. The molecule has 0 saturated carbocycles. The SMILES string of the molecule is Cc1c(Cl)cc(CN)c2[nH]ccc12. The van der Waals surface area contributed by atoms with Crippen LogP contribution in [0.5, 0.6) is 0 Å². The van der Waals surface area contributed by atoms with E-state index < -0.39 is 0 Å². The lowest BCUT2D eigenvalue weighted by Crippen LogP contribution is -1.98. The van der Waals surface area contributed by atoms with Crippen LogP contribution in [-0.4, -0.2) is 4.98 Å². The average molecular weight is 195 g/mol. The zero-order valence-corrected chi connectivity index (χ0v) is 8.15. The zero-order valence-electron chi connectivity index (χ0n) is 7.39. The first kappa shape index (κ1) is 8.60. The molecule has 13 heavy (non-hydrogen) atoms. The Hall–Kier alpha value is -0.990. The predicted molar refractivity (Wildman–Crippen MR) is 55.9 cm³/mol. The van der Waals surface area contributed by atoms with Gasteiger partial charge in [-0.25, -0.2) is 0 Å². The number of halogens is 1. The first-order valence-corrected chi connectivity index (χ1v) is 4.57. The molecule has 0 spiro atoms. The van der Waals surface area contributed by atoms with Crippen LogP contribution in [0.2, 0.25) is 5.02 Å². The number of aromatic nitrogens is 1. The standard InChI is InChI=1S/C10H11ClN2/c1-6-8-2-3-13-10(8)7(5-12)4-9(6)11/h2-4,13H,5,12H2,1H3. The highest BCUT2D eigenvalue weighted by atomic mass is 35.5. The third kappa shape index (κ3) is 1.23. The van der Waals surface area contributed by atoms with Crippen LogP contribution >= 0.6 is 11.6 Å². The Balaban J connectivity index is 2.87. The van der Waals surface area contributed by atoms with Gasteiger partial charge in [0.25, 0.3) is 0 Å². The molecule has 0 amide bonds. The van der Waals surface area contributed by atoms with Crippen molar-refractivity contribution in [1.29, 1.82) is 0 Å². The third-order valence-corrected chi connectivity index (χ3v) is 2.74. The van der Waals surface area contributed by atoms with E-state index in [1.807, 2.05) is 25.3 Å². The van der Waals surface area contributed by atoms with Crippen molar-refractivity contribution in [3.8, 4) is 0 Å². The van der Waals surface area contributed by atoms with Crippen LogP contribution in [0.3, 0.4) is 0 Å². The summed E-state index contributed by atoms with van der Waals surface area (Å²) in [5, 5.41) is 1.94. The van der Waals surface area contributed by atoms with Crippen molar-refractivity contribution >= 4 is 22.5 Å². The van der Waals surface area contributed by atoms with Crippen molar-refractivity contribution in [2.45, 2.75) is 13.5 Å². The molecule has 0 unspecified atom stereocenters. The van der Waals surface area contributed by atoms with E-state index in [0.29, 0.717) is 6.54 Å². The molecule has 68 valence electrons. The molecule has 0 fully saturated rings. The number of H-pyrrole nitrogens is 1. The topological polar surface area (TPSA) is 41.8 Å². The van der Waals surface area contributed by atoms with Crippen LogP contribution in [0, 0.1) is 6.92 Å². The summed E-state index contributed by atoms with van der Waals surface area (Å²) >= 11 is 6.06. The fourth-order valence-electron chi connectivity index (χ4n) is 1.57. The number of nitrogens with one attached hydrogen (secondary N) is 1. The normalized spacial score (nSPS) is 11.0. The van der Waals surface area contributed by atoms with Gasteiger partial charge in [-0.1, -0.05) is 11.6 Å². The number of benzene rings is 1. The van der Waals surface area contributed by atoms with E-state index in [-0.39, 0.29) is 0 Å². The zero-order chi connectivity index (χ0) is 9.42. The average Bonchev–Trinajstić information content (AvgIpc) is 2.60. The van der Waals surface area contributed by atoms with Crippen molar-refractivity contribution in [2.75, 3.05) is 0 Å². The summed E-state index contributed by atoms with van der Waals surface area (Å²) in [6.07, 6.45) is 1.91. The summed E-state index contributed by atoms with van der Waals surface area (Å²) in [5.41, 5.74) is 8.89. The van der Waals surface area contributed by atoms with Gasteiger partial charge >= 0.3 is 0 Å². The van der Waals surface area contributed by atoms with Crippen LogP contribution in [-0.2, 0) is 6.54 Å². The lowest BCUT2D eigenvalue weighted by atomic mass is 10.1. The summed E-state index contributed by atoms with van der Waals surface area (Å²) in [5.74, 6) is 0. The molecule has 0 atom stereocenters. The van der Waals surface area contributed by atoms with E-state index in [0.717, 1.165) is 27.1 Å². The summed E-state index contributed by atoms with van der Waals surface area (Å²) in [6, 6.07) is 3.95. The molecule has 1 heterocycles. The fraction of sp³-hybridized carbons (Fsp3) is 0.200. The van der Waals surface area contributed by atoms with E-state index in [1.165, 1.54) is 0 Å². The van der Waals surface area contributed by atoms with Crippen molar-refractivity contribution in [2.24, 2.45) is 5.73 Å². The van der Waals surface area contributed by atoms with Crippen molar-refractivity contribution in [3.05, 3.63) is 34.5 Å². The van der Waals surface area contributed by atoms with Crippen molar-refractivity contribution < 1.29 is 0 Å². The van der Waals surface area contributed by atoms with E-state index in [2.05, 4.69) is 4.98 Å². The van der Waals surface area contributed by atoms with E-state index in [1.54, 1.807) is 0 Å². The lowest BCUT2D eigenvalue weighted by molar-refractivity contribution is 1.08. The highest BCUT2D eigenvalue weighted by Crippen LogP contribution is 2.27. The molecule has 2 nitrogen and oxygen atoms in total. The molecule has 0 aliphatic rings. The van der Waals surface area contributed by atoms with Gasteiger partial charge in [0.05, 0.1) is 5.52 Å². The Morgan fingerprint density at radius 3 is 3.00 bits per heavy atom. The summed E-state index contributed by atoms with van der Waals surface area (Å²) in [7, 11) is 0. The van der Waals surface area contributed by atoms with Gasteiger partial charge in [0, 0.05) is 23.2 Å². The molecule has 1 aromatic carbocycles. The van der Waals surface area contributed by atoms with Crippen LogP contribution in [0.1, 0.15) is 11.1 Å². The predicted octanol–water partition coefficient (Wildman–Crippen LogP) is 2.59. The minimum atomic E-state index is 0.511. The molecule has 0 radical (unpaired) electrons. The first-order valence-electron chi connectivity index (χ1n) is 4.19. The molecule has 3 N–H and O–H groups in total.